The van der Waals surface area contributed by atoms with Gasteiger partial charge in [-0.15, -0.1) is 0 Å². The van der Waals surface area contributed by atoms with E-state index < -0.39 is 0 Å². The number of hydrogen-bond acceptors (Lipinski definition) is 4. The SMILES string of the molecule is O=C1Cc2cc(-c3cccc(Cn4cnc5cnccc5c4=O)c3)ccc2N1. The van der Waals surface area contributed by atoms with Gasteiger partial charge in [-0.1, -0.05) is 24.3 Å². The van der Waals surface area contributed by atoms with E-state index in [1.165, 1.54) is 0 Å². The number of aromatic nitrogens is 3. The number of benzene rings is 2. The van der Waals surface area contributed by atoms with Gasteiger partial charge < -0.3 is 5.32 Å². The minimum atomic E-state index is -0.0834. The first kappa shape index (κ1) is 16.4. The molecule has 0 bridgehead atoms. The van der Waals surface area contributed by atoms with Crippen molar-refractivity contribution in [3.63, 3.8) is 0 Å². The Morgan fingerprint density at radius 2 is 1.93 bits per heavy atom. The maximum atomic E-state index is 12.7. The van der Waals surface area contributed by atoms with Gasteiger partial charge in [0.05, 0.1) is 36.4 Å². The summed E-state index contributed by atoms with van der Waals surface area (Å²) in [5.41, 5.74) is 5.51. The van der Waals surface area contributed by atoms with Crippen LogP contribution >= 0.6 is 0 Å². The van der Waals surface area contributed by atoms with E-state index in [0.717, 1.165) is 27.9 Å². The molecule has 0 radical (unpaired) electrons. The van der Waals surface area contributed by atoms with Gasteiger partial charge in [-0.05, 0) is 46.5 Å². The molecule has 0 saturated heterocycles. The fourth-order valence-electron chi connectivity index (χ4n) is 3.58. The van der Waals surface area contributed by atoms with Crippen molar-refractivity contribution in [3.05, 3.63) is 88.7 Å². The van der Waals surface area contributed by atoms with Gasteiger partial charge in [-0.2, -0.15) is 0 Å². The van der Waals surface area contributed by atoms with Crippen molar-refractivity contribution in [1.82, 2.24) is 14.5 Å². The minimum Gasteiger partial charge on any atom is -0.326 e. The number of carbonyl (C=O) groups is 1. The Labute approximate surface area is 160 Å². The summed E-state index contributed by atoms with van der Waals surface area (Å²) in [4.78, 5) is 32.6. The molecule has 0 saturated carbocycles. The average Bonchev–Trinajstić information content (AvgIpc) is 3.10. The van der Waals surface area contributed by atoms with Gasteiger partial charge in [0.15, 0.2) is 0 Å². The number of nitrogens with one attached hydrogen (secondary N) is 1. The maximum Gasteiger partial charge on any atom is 0.261 e. The van der Waals surface area contributed by atoms with E-state index in [9.17, 15) is 9.59 Å². The van der Waals surface area contributed by atoms with Gasteiger partial charge in [0, 0.05) is 11.9 Å². The Morgan fingerprint density at radius 3 is 2.86 bits per heavy atom. The Morgan fingerprint density at radius 1 is 1.04 bits per heavy atom. The number of hydrogen-bond donors (Lipinski definition) is 1. The minimum absolute atomic E-state index is 0.0271. The molecule has 2 aromatic carbocycles. The van der Waals surface area contributed by atoms with Crippen LogP contribution < -0.4 is 10.9 Å². The molecule has 1 amide bonds. The molecule has 4 aromatic rings. The highest BCUT2D eigenvalue weighted by Crippen LogP contribution is 2.29. The van der Waals surface area contributed by atoms with Crippen LogP contribution in [0.4, 0.5) is 5.69 Å². The normalized spacial score (nSPS) is 12.8. The van der Waals surface area contributed by atoms with Crippen molar-refractivity contribution in [2.24, 2.45) is 0 Å². The summed E-state index contributed by atoms with van der Waals surface area (Å²) >= 11 is 0. The summed E-state index contributed by atoms with van der Waals surface area (Å²) in [6, 6.07) is 15.7. The van der Waals surface area contributed by atoms with Crippen LogP contribution in [0.5, 0.6) is 0 Å². The highest BCUT2D eigenvalue weighted by molar-refractivity contribution is 5.99. The quantitative estimate of drug-likeness (QED) is 0.603. The third-order valence-electron chi connectivity index (χ3n) is 4.97. The lowest BCUT2D eigenvalue weighted by molar-refractivity contribution is -0.115. The highest BCUT2D eigenvalue weighted by Gasteiger charge is 2.17. The summed E-state index contributed by atoms with van der Waals surface area (Å²) in [5.74, 6) is 0.0271. The second kappa shape index (κ2) is 6.42. The molecule has 0 atom stereocenters. The van der Waals surface area contributed by atoms with E-state index in [-0.39, 0.29) is 11.5 Å². The molecular weight excluding hydrogens is 352 g/mol. The average molecular weight is 368 g/mol. The standard InChI is InChI=1S/C22H16N4O2/c27-21-10-17-9-16(4-5-19(17)25-21)15-3-1-2-14(8-15)12-26-13-24-20-11-23-7-6-18(20)22(26)28/h1-9,11,13H,10,12H2,(H,25,27). The smallest absolute Gasteiger partial charge is 0.261 e. The van der Waals surface area contributed by atoms with Crippen molar-refractivity contribution in [2.45, 2.75) is 13.0 Å². The van der Waals surface area contributed by atoms with E-state index in [0.29, 0.717) is 23.9 Å². The molecule has 3 heterocycles. The number of carbonyl (C=O) groups excluding carboxylic acids is 1. The van der Waals surface area contributed by atoms with Crippen molar-refractivity contribution in [3.8, 4) is 11.1 Å². The highest BCUT2D eigenvalue weighted by atomic mass is 16.1. The Kier molecular flexibility index (Phi) is 3.76. The number of nitrogens with zero attached hydrogens (tertiary/aromatic N) is 3. The summed E-state index contributed by atoms with van der Waals surface area (Å²) in [5, 5.41) is 3.41. The number of anilines is 1. The fraction of sp³-hybridized carbons (Fsp3) is 0.0909. The maximum absolute atomic E-state index is 12.7. The first-order chi connectivity index (χ1) is 13.7. The molecule has 28 heavy (non-hydrogen) atoms. The van der Waals surface area contributed by atoms with Gasteiger partial charge in [0.1, 0.15) is 0 Å². The van der Waals surface area contributed by atoms with Crippen LogP contribution in [0.2, 0.25) is 0 Å². The van der Waals surface area contributed by atoms with E-state index in [1.807, 2.05) is 36.4 Å². The Hall–Kier alpha value is -3.80. The van der Waals surface area contributed by atoms with Gasteiger partial charge in [0.25, 0.3) is 5.56 Å². The lowest BCUT2D eigenvalue weighted by Gasteiger charge is -2.09. The number of rotatable bonds is 3. The molecule has 1 aliphatic rings. The Bertz CT molecular complexity index is 1290. The van der Waals surface area contributed by atoms with E-state index in [2.05, 4.69) is 21.4 Å². The first-order valence-electron chi connectivity index (χ1n) is 8.99. The number of amides is 1. The Balaban J connectivity index is 1.49. The third-order valence-corrected chi connectivity index (χ3v) is 4.97. The van der Waals surface area contributed by atoms with Crippen molar-refractivity contribution in [2.75, 3.05) is 5.32 Å². The van der Waals surface area contributed by atoms with Crippen LogP contribution in [0.15, 0.2) is 72.0 Å². The summed E-state index contributed by atoms with van der Waals surface area (Å²) in [6.45, 7) is 0.433. The molecule has 0 aliphatic carbocycles. The molecule has 6 nitrogen and oxygen atoms in total. The zero-order valence-corrected chi connectivity index (χ0v) is 14.9. The van der Waals surface area contributed by atoms with Crippen LogP contribution in [-0.4, -0.2) is 20.4 Å². The summed E-state index contributed by atoms with van der Waals surface area (Å²) in [6.07, 6.45) is 5.17. The first-order valence-corrected chi connectivity index (χ1v) is 8.99. The molecule has 0 unspecified atom stereocenters. The van der Waals surface area contributed by atoms with Crippen LogP contribution in [0.1, 0.15) is 11.1 Å². The lowest BCUT2D eigenvalue weighted by atomic mass is 10.00. The number of pyridine rings is 1. The van der Waals surface area contributed by atoms with Crippen molar-refractivity contribution < 1.29 is 4.79 Å². The molecule has 0 spiro atoms. The predicted octanol–water partition coefficient (Wildman–Crippen LogP) is 3.00. The summed E-state index contributed by atoms with van der Waals surface area (Å²) < 4.78 is 1.60. The van der Waals surface area contributed by atoms with Gasteiger partial charge in [0.2, 0.25) is 5.91 Å². The third kappa shape index (κ3) is 2.85. The number of fused-ring (bicyclic) bond motifs is 2. The fourth-order valence-corrected chi connectivity index (χ4v) is 3.58. The van der Waals surface area contributed by atoms with Crippen LogP contribution in [0.25, 0.3) is 22.0 Å². The van der Waals surface area contributed by atoms with Gasteiger partial charge in [-0.3, -0.25) is 19.1 Å². The van der Waals surface area contributed by atoms with Gasteiger partial charge in [-0.25, -0.2) is 4.98 Å². The molecule has 2 aromatic heterocycles. The molecule has 0 fully saturated rings. The zero-order chi connectivity index (χ0) is 19.1. The zero-order valence-electron chi connectivity index (χ0n) is 14.9. The second-order valence-electron chi connectivity index (χ2n) is 6.87. The van der Waals surface area contributed by atoms with Gasteiger partial charge >= 0.3 is 0 Å². The molecular formula is C22H16N4O2. The van der Waals surface area contributed by atoms with Crippen molar-refractivity contribution in [1.29, 1.82) is 0 Å². The second-order valence-corrected chi connectivity index (χ2v) is 6.87. The molecule has 1 N–H and O–H groups in total. The van der Waals surface area contributed by atoms with Crippen LogP contribution in [0, 0.1) is 0 Å². The van der Waals surface area contributed by atoms with Crippen LogP contribution in [-0.2, 0) is 17.8 Å². The van der Waals surface area contributed by atoms with Crippen molar-refractivity contribution >= 4 is 22.5 Å². The van der Waals surface area contributed by atoms with E-state index in [1.54, 1.807) is 29.4 Å². The molecule has 6 heteroatoms. The topological polar surface area (TPSA) is 76.9 Å². The molecule has 136 valence electrons. The van der Waals surface area contributed by atoms with Crippen LogP contribution in [0.3, 0.4) is 0 Å². The largest absolute Gasteiger partial charge is 0.326 e. The lowest BCUT2D eigenvalue weighted by Crippen LogP contribution is -2.21. The monoisotopic (exact) mass is 368 g/mol. The van der Waals surface area contributed by atoms with E-state index in [4.69, 9.17) is 0 Å². The summed E-state index contributed by atoms with van der Waals surface area (Å²) in [7, 11) is 0. The van der Waals surface area contributed by atoms with E-state index >= 15 is 0 Å². The predicted molar refractivity (Wildman–Crippen MR) is 107 cm³/mol. The molecule has 5 rings (SSSR count). The molecule has 1 aliphatic heterocycles.